The van der Waals surface area contributed by atoms with Crippen molar-refractivity contribution in [3.63, 3.8) is 0 Å². The van der Waals surface area contributed by atoms with Gasteiger partial charge >= 0.3 is 0 Å². The van der Waals surface area contributed by atoms with Gasteiger partial charge in [-0.15, -0.1) is 11.3 Å². The van der Waals surface area contributed by atoms with Gasteiger partial charge in [0.1, 0.15) is 0 Å². The van der Waals surface area contributed by atoms with E-state index in [9.17, 15) is 0 Å². The predicted molar refractivity (Wildman–Crippen MR) is 83.2 cm³/mol. The van der Waals surface area contributed by atoms with Crippen molar-refractivity contribution in [2.24, 2.45) is 0 Å². The third-order valence-corrected chi connectivity index (χ3v) is 3.93. The van der Waals surface area contributed by atoms with E-state index in [0.717, 1.165) is 49.8 Å². The lowest BCUT2D eigenvalue weighted by atomic mass is 10.3. The highest BCUT2D eigenvalue weighted by atomic mass is 32.1. The molecule has 0 amide bonds. The van der Waals surface area contributed by atoms with Gasteiger partial charge in [-0.05, 0) is 19.4 Å². The zero-order valence-electron chi connectivity index (χ0n) is 12.1. The van der Waals surface area contributed by atoms with E-state index in [1.54, 1.807) is 11.3 Å². The highest BCUT2D eigenvalue weighted by Crippen LogP contribution is 2.25. The van der Waals surface area contributed by atoms with Crippen molar-refractivity contribution in [1.29, 1.82) is 0 Å². The first-order valence-corrected chi connectivity index (χ1v) is 8.09. The molecule has 2 aromatic rings. The van der Waals surface area contributed by atoms with E-state index in [0.29, 0.717) is 0 Å². The van der Waals surface area contributed by atoms with Gasteiger partial charge in [0.15, 0.2) is 10.8 Å². The zero-order chi connectivity index (χ0) is 13.7. The van der Waals surface area contributed by atoms with Crippen LogP contribution in [0.1, 0.15) is 39.3 Å². The number of rotatable bonds is 8. The summed E-state index contributed by atoms with van der Waals surface area (Å²) in [4.78, 5) is 8.35. The van der Waals surface area contributed by atoms with Crippen molar-refractivity contribution in [3.05, 3.63) is 17.3 Å². The van der Waals surface area contributed by atoms with Crippen LogP contribution in [-0.4, -0.2) is 29.0 Å². The maximum Gasteiger partial charge on any atom is 0.195 e. The molecule has 5 heteroatoms. The summed E-state index contributed by atoms with van der Waals surface area (Å²) in [6.07, 6.45) is 4.44. The molecule has 0 atom stereocenters. The van der Waals surface area contributed by atoms with Crippen LogP contribution >= 0.6 is 11.3 Å². The molecule has 2 aromatic heterocycles. The standard InChI is InChI=1S/C14H24N4S/c1-4-7-17(8-5-2)13-12(11-15-6-3)18-9-10-19-14(18)16-13/h9-10,15H,4-8,11H2,1-3H3. The van der Waals surface area contributed by atoms with Gasteiger partial charge in [0.05, 0.1) is 5.69 Å². The van der Waals surface area contributed by atoms with Crippen LogP contribution in [0.2, 0.25) is 0 Å². The second kappa shape index (κ2) is 6.91. The molecule has 0 unspecified atom stereocenters. The number of thiazole rings is 1. The lowest BCUT2D eigenvalue weighted by Gasteiger charge is -2.22. The average molecular weight is 280 g/mol. The minimum atomic E-state index is 0.883. The fourth-order valence-corrected chi connectivity index (χ4v) is 3.07. The van der Waals surface area contributed by atoms with Gasteiger partial charge in [-0.1, -0.05) is 20.8 Å². The van der Waals surface area contributed by atoms with E-state index in [-0.39, 0.29) is 0 Å². The number of fused-ring (bicyclic) bond motifs is 1. The molecule has 19 heavy (non-hydrogen) atoms. The summed E-state index contributed by atoms with van der Waals surface area (Å²) >= 11 is 1.71. The predicted octanol–water partition coefficient (Wildman–Crippen LogP) is 3.13. The Bertz CT molecular complexity index is 496. The minimum Gasteiger partial charge on any atom is -0.355 e. The molecule has 2 heterocycles. The zero-order valence-corrected chi connectivity index (χ0v) is 13.0. The monoisotopic (exact) mass is 280 g/mol. The summed E-state index contributed by atoms with van der Waals surface area (Å²) in [5.41, 5.74) is 1.29. The van der Waals surface area contributed by atoms with Crippen molar-refractivity contribution < 1.29 is 0 Å². The minimum absolute atomic E-state index is 0.883. The molecule has 0 fully saturated rings. The molecule has 0 radical (unpaired) electrons. The van der Waals surface area contributed by atoms with Gasteiger partial charge in [-0.2, -0.15) is 0 Å². The van der Waals surface area contributed by atoms with E-state index >= 15 is 0 Å². The molecule has 0 saturated heterocycles. The number of anilines is 1. The largest absolute Gasteiger partial charge is 0.355 e. The normalized spacial score (nSPS) is 11.3. The van der Waals surface area contributed by atoms with E-state index in [1.807, 2.05) is 0 Å². The fourth-order valence-electron chi connectivity index (χ4n) is 2.35. The second-order valence-corrected chi connectivity index (χ2v) is 5.58. The van der Waals surface area contributed by atoms with Crippen LogP contribution in [0, 0.1) is 0 Å². The van der Waals surface area contributed by atoms with Crippen molar-refractivity contribution in [2.75, 3.05) is 24.5 Å². The first kappa shape index (κ1) is 14.3. The summed E-state index contributed by atoms with van der Waals surface area (Å²) in [6.45, 7) is 10.6. The third-order valence-electron chi connectivity index (χ3n) is 3.17. The Labute approximate surface area is 119 Å². The van der Waals surface area contributed by atoms with Crippen molar-refractivity contribution in [3.8, 4) is 0 Å². The number of nitrogens with zero attached hydrogens (tertiary/aromatic N) is 3. The Hall–Kier alpha value is -1.07. The quantitative estimate of drug-likeness (QED) is 0.806. The maximum absolute atomic E-state index is 4.83. The van der Waals surface area contributed by atoms with E-state index < -0.39 is 0 Å². The Balaban J connectivity index is 2.35. The van der Waals surface area contributed by atoms with E-state index in [4.69, 9.17) is 4.98 Å². The van der Waals surface area contributed by atoms with Crippen molar-refractivity contribution >= 4 is 22.1 Å². The van der Waals surface area contributed by atoms with Crippen LogP contribution in [0.3, 0.4) is 0 Å². The van der Waals surface area contributed by atoms with Gasteiger partial charge in [-0.3, -0.25) is 4.40 Å². The summed E-state index contributed by atoms with van der Waals surface area (Å²) < 4.78 is 2.22. The number of hydrogen-bond donors (Lipinski definition) is 1. The highest BCUT2D eigenvalue weighted by molar-refractivity contribution is 7.15. The number of hydrogen-bond acceptors (Lipinski definition) is 4. The SMILES string of the molecule is CCCN(CCC)c1nc2sccn2c1CNCC. The topological polar surface area (TPSA) is 32.6 Å². The molecule has 106 valence electrons. The molecule has 0 aliphatic rings. The Kier molecular flexibility index (Phi) is 5.22. The molecular weight excluding hydrogens is 256 g/mol. The molecule has 4 nitrogen and oxygen atoms in total. The smallest absolute Gasteiger partial charge is 0.195 e. The van der Waals surface area contributed by atoms with Crippen molar-refractivity contribution in [2.45, 2.75) is 40.2 Å². The summed E-state index contributed by atoms with van der Waals surface area (Å²) in [5, 5.41) is 5.53. The lowest BCUT2D eigenvalue weighted by molar-refractivity contribution is 0.688. The summed E-state index contributed by atoms with van der Waals surface area (Å²) in [5.74, 6) is 1.16. The Morgan fingerprint density at radius 3 is 2.63 bits per heavy atom. The average Bonchev–Trinajstić information content (AvgIpc) is 2.97. The van der Waals surface area contributed by atoms with Gasteiger partial charge in [0.25, 0.3) is 0 Å². The highest BCUT2D eigenvalue weighted by Gasteiger charge is 2.17. The number of aromatic nitrogens is 2. The molecule has 0 bridgehead atoms. The third kappa shape index (κ3) is 3.09. The van der Waals surface area contributed by atoms with Crippen LogP contribution in [-0.2, 0) is 6.54 Å². The molecule has 1 N–H and O–H groups in total. The second-order valence-electron chi connectivity index (χ2n) is 4.71. The molecule has 0 aliphatic heterocycles. The Morgan fingerprint density at radius 1 is 1.26 bits per heavy atom. The number of imidazole rings is 1. The van der Waals surface area contributed by atoms with Gasteiger partial charge in [-0.25, -0.2) is 4.98 Å². The molecule has 0 aliphatic carbocycles. The van der Waals surface area contributed by atoms with Gasteiger partial charge in [0, 0.05) is 31.2 Å². The van der Waals surface area contributed by atoms with Gasteiger partial charge < -0.3 is 10.2 Å². The molecule has 0 saturated carbocycles. The first-order chi connectivity index (χ1) is 9.31. The molecule has 2 rings (SSSR count). The fraction of sp³-hybridized carbons (Fsp3) is 0.643. The van der Waals surface area contributed by atoms with Crippen LogP contribution in [0.15, 0.2) is 11.6 Å². The van der Waals surface area contributed by atoms with Crippen LogP contribution in [0.5, 0.6) is 0 Å². The van der Waals surface area contributed by atoms with Gasteiger partial charge in [0.2, 0.25) is 0 Å². The number of nitrogens with one attached hydrogen (secondary N) is 1. The molecular formula is C14H24N4S. The molecule has 0 spiro atoms. The summed E-state index contributed by atoms with van der Waals surface area (Å²) in [6, 6.07) is 0. The Morgan fingerprint density at radius 2 is 2.00 bits per heavy atom. The van der Waals surface area contributed by atoms with Crippen LogP contribution < -0.4 is 10.2 Å². The molecule has 0 aromatic carbocycles. The van der Waals surface area contributed by atoms with E-state index in [1.165, 1.54) is 5.69 Å². The van der Waals surface area contributed by atoms with Crippen molar-refractivity contribution in [1.82, 2.24) is 14.7 Å². The first-order valence-electron chi connectivity index (χ1n) is 7.21. The van der Waals surface area contributed by atoms with Crippen LogP contribution in [0.25, 0.3) is 4.96 Å². The lowest BCUT2D eigenvalue weighted by Crippen LogP contribution is -2.27. The maximum atomic E-state index is 4.83. The van der Waals surface area contributed by atoms with E-state index in [2.05, 4.69) is 47.0 Å². The summed E-state index contributed by atoms with van der Waals surface area (Å²) in [7, 11) is 0. The van der Waals surface area contributed by atoms with Crippen LogP contribution in [0.4, 0.5) is 5.82 Å².